The summed E-state index contributed by atoms with van der Waals surface area (Å²) < 4.78 is 0. The van der Waals surface area contributed by atoms with Gasteiger partial charge in [0, 0.05) is 5.41 Å². The van der Waals surface area contributed by atoms with Crippen molar-refractivity contribution < 1.29 is 4.79 Å². The quantitative estimate of drug-likeness (QED) is 0.426. The monoisotopic (exact) mass is 162 g/mol. The molecule has 0 aromatic heterocycles. The number of carbonyl (C=O) groups excluding carboxylic acids is 1. The molecule has 0 spiro atoms. The third-order valence-electron chi connectivity index (χ3n) is 4.36. The maximum atomic E-state index is 11.2. The molecule has 0 radical (unpaired) electrons. The molecule has 0 aliphatic heterocycles. The molecule has 3 rings (SSSR count). The fourth-order valence-corrected chi connectivity index (χ4v) is 3.81. The molecule has 0 heterocycles. The highest BCUT2D eigenvalue weighted by atomic mass is 16.1. The van der Waals surface area contributed by atoms with Crippen molar-refractivity contribution in [1.29, 1.82) is 0 Å². The molecule has 2 saturated carbocycles. The Morgan fingerprint density at radius 3 is 3.08 bits per heavy atom. The molecule has 2 bridgehead atoms. The predicted molar refractivity (Wildman–Crippen MR) is 46.6 cm³/mol. The lowest BCUT2D eigenvalue weighted by molar-refractivity contribution is -0.118. The van der Waals surface area contributed by atoms with Crippen LogP contribution in [0, 0.1) is 23.2 Å². The standard InChI is InChI=1S/C11H14O/c12-7-11-5-1-2-10(11)8-3-4-9(11)6-8/h3-4,7-10H,1-2,5-6H2/t8-,9+,10+,11-/m0/s1. The van der Waals surface area contributed by atoms with Crippen LogP contribution >= 0.6 is 0 Å². The van der Waals surface area contributed by atoms with Crippen molar-refractivity contribution in [3.8, 4) is 0 Å². The second-order valence-corrected chi connectivity index (χ2v) is 4.62. The van der Waals surface area contributed by atoms with E-state index in [4.69, 9.17) is 0 Å². The van der Waals surface area contributed by atoms with E-state index in [0.29, 0.717) is 11.8 Å². The molecule has 4 atom stereocenters. The summed E-state index contributed by atoms with van der Waals surface area (Å²) in [6, 6.07) is 0. The van der Waals surface area contributed by atoms with Gasteiger partial charge in [-0.2, -0.15) is 0 Å². The summed E-state index contributed by atoms with van der Waals surface area (Å²) in [5, 5.41) is 0. The largest absolute Gasteiger partial charge is 0.303 e. The third-order valence-corrected chi connectivity index (χ3v) is 4.36. The summed E-state index contributed by atoms with van der Waals surface area (Å²) in [4.78, 5) is 11.2. The number of rotatable bonds is 1. The first kappa shape index (κ1) is 6.88. The van der Waals surface area contributed by atoms with Gasteiger partial charge in [-0.25, -0.2) is 0 Å². The fourth-order valence-electron chi connectivity index (χ4n) is 3.81. The minimum Gasteiger partial charge on any atom is -0.303 e. The van der Waals surface area contributed by atoms with E-state index in [-0.39, 0.29) is 5.41 Å². The lowest BCUT2D eigenvalue weighted by atomic mass is 9.72. The second kappa shape index (κ2) is 2.01. The summed E-state index contributed by atoms with van der Waals surface area (Å²) in [6.07, 6.45) is 10.9. The van der Waals surface area contributed by atoms with E-state index in [1.54, 1.807) is 0 Å². The van der Waals surface area contributed by atoms with Crippen LogP contribution in [-0.4, -0.2) is 6.29 Å². The van der Waals surface area contributed by atoms with E-state index in [9.17, 15) is 4.79 Å². The van der Waals surface area contributed by atoms with Gasteiger partial charge < -0.3 is 4.79 Å². The van der Waals surface area contributed by atoms with Crippen molar-refractivity contribution in [3.63, 3.8) is 0 Å². The van der Waals surface area contributed by atoms with E-state index in [0.717, 1.165) is 12.3 Å². The van der Waals surface area contributed by atoms with E-state index < -0.39 is 0 Å². The molecule has 0 unspecified atom stereocenters. The third kappa shape index (κ3) is 0.562. The van der Waals surface area contributed by atoms with Crippen LogP contribution in [0.1, 0.15) is 25.7 Å². The zero-order valence-electron chi connectivity index (χ0n) is 7.20. The summed E-state index contributed by atoms with van der Waals surface area (Å²) in [7, 11) is 0. The molecule has 0 N–H and O–H groups in total. The van der Waals surface area contributed by atoms with Crippen LogP contribution in [0.5, 0.6) is 0 Å². The molecule has 0 aromatic rings. The molecule has 1 nitrogen and oxygen atoms in total. The number of allylic oxidation sites excluding steroid dienone is 2. The molecule has 0 amide bonds. The highest BCUT2D eigenvalue weighted by molar-refractivity contribution is 5.64. The van der Waals surface area contributed by atoms with Crippen LogP contribution in [0.25, 0.3) is 0 Å². The molecule has 12 heavy (non-hydrogen) atoms. The van der Waals surface area contributed by atoms with Crippen LogP contribution in [0.4, 0.5) is 0 Å². The van der Waals surface area contributed by atoms with Crippen LogP contribution in [-0.2, 0) is 4.79 Å². The first-order valence-electron chi connectivity index (χ1n) is 5.01. The van der Waals surface area contributed by atoms with E-state index in [1.807, 2.05) is 0 Å². The van der Waals surface area contributed by atoms with Gasteiger partial charge in [0.1, 0.15) is 6.29 Å². The number of hydrogen-bond donors (Lipinski definition) is 0. The number of carbonyl (C=O) groups is 1. The fraction of sp³-hybridized carbons (Fsp3) is 0.727. The van der Waals surface area contributed by atoms with Crippen molar-refractivity contribution in [2.75, 3.05) is 0 Å². The minimum atomic E-state index is 0.0966. The van der Waals surface area contributed by atoms with Gasteiger partial charge in [-0.05, 0) is 37.0 Å². The SMILES string of the molecule is O=C[C@]12CCC[C@@H]1[C@H]1C=C[C@@H]2C1. The van der Waals surface area contributed by atoms with E-state index >= 15 is 0 Å². The topological polar surface area (TPSA) is 17.1 Å². The normalized spacial score (nSPS) is 54.5. The number of hydrogen-bond acceptors (Lipinski definition) is 1. The molecule has 2 fully saturated rings. The first-order chi connectivity index (χ1) is 5.87. The molecular formula is C11H14O. The van der Waals surface area contributed by atoms with Crippen molar-refractivity contribution >= 4 is 6.29 Å². The average molecular weight is 162 g/mol. The van der Waals surface area contributed by atoms with Gasteiger partial charge in [0.05, 0.1) is 0 Å². The predicted octanol–water partition coefficient (Wildman–Crippen LogP) is 2.18. The van der Waals surface area contributed by atoms with Crippen LogP contribution < -0.4 is 0 Å². The van der Waals surface area contributed by atoms with Gasteiger partial charge in [-0.1, -0.05) is 18.6 Å². The first-order valence-corrected chi connectivity index (χ1v) is 5.01. The minimum absolute atomic E-state index is 0.0966. The Hall–Kier alpha value is -0.590. The summed E-state index contributed by atoms with van der Waals surface area (Å²) in [6.45, 7) is 0. The average Bonchev–Trinajstić information content (AvgIpc) is 2.76. The Kier molecular flexibility index (Phi) is 1.15. The van der Waals surface area contributed by atoms with E-state index in [1.165, 1.54) is 25.5 Å². The smallest absolute Gasteiger partial charge is 0.127 e. The Morgan fingerprint density at radius 2 is 2.33 bits per heavy atom. The van der Waals surface area contributed by atoms with Crippen LogP contribution in [0.15, 0.2) is 12.2 Å². The maximum Gasteiger partial charge on any atom is 0.127 e. The van der Waals surface area contributed by atoms with Crippen molar-refractivity contribution in [2.45, 2.75) is 25.7 Å². The molecule has 3 aliphatic carbocycles. The van der Waals surface area contributed by atoms with Crippen LogP contribution in [0.3, 0.4) is 0 Å². The van der Waals surface area contributed by atoms with Gasteiger partial charge in [0.25, 0.3) is 0 Å². The second-order valence-electron chi connectivity index (χ2n) is 4.62. The van der Waals surface area contributed by atoms with Gasteiger partial charge in [-0.15, -0.1) is 0 Å². The highest BCUT2D eigenvalue weighted by Crippen LogP contribution is 2.62. The lowest BCUT2D eigenvalue weighted by Gasteiger charge is -2.30. The van der Waals surface area contributed by atoms with Crippen LogP contribution in [0.2, 0.25) is 0 Å². The summed E-state index contributed by atoms with van der Waals surface area (Å²) >= 11 is 0. The lowest BCUT2D eigenvalue weighted by Crippen LogP contribution is -2.31. The summed E-state index contributed by atoms with van der Waals surface area (Å²) in [5.74, 6) is 2.07. The zero-order chi connectivity index (χ0) is 8.18. The summed E-state index contributed by atoms with van der Waals surface area (Å²) in [5.41, 5.74) is 0.0966. The van der Waals surface area contributed by atoms with Crippen molar-refractivity contribution in [2.24, 2.45) is 23.2 Å². The Labute approximate surface area is 72.8 Å². The molecule has 64 valence electrons. The van der Waals surface area contributed by atoms with Gasteiger partial charge in [-0.3, -0.25) is 0 Å². The highest BCUT2D eigenvalue weighted by Gasteiger charge is 2.57. The molecular weight excluding hydrogens is 148 g/mol. The number of fused-ring (bicyclic) bond motifs is 5. The zero-order valence-corrected chi connectivity index (χ0v) is 7.20. The van der Waals surface area contributed by atoms with Gasteiger partial charge in [0.15, 0.2) is 0 Å². The van der Waals surface area contributed by atoms with Crippen molar-refractivity contribution in [1.82, 2.24) is 0 Å². The Morgan fingerprint density at radius 1 is 1.42 bits per heavy atom. The molecule has 3 aliphatic rings. The van der Waals surface area contributed by atoms with Gasteiger partial charge in [0.2, 0.25) is 0 Å². The Balaban J connectivity index is 2.08. The molecule has 0 aromatic carbocycles. The molecule has 1 heteroatoms. The molecule has 0 saturated heterocycles. The Bertz CT molecular complexity index is 256. The number of aldehydes is 1. The van der Waals surface area contributed by atoms with Crippen molar-refractivity contribution in [3.05, 3.63) is 12.2 Å². The maximum absolute atomic E-state index is 11.2. The van der Waals surface area contributed by atoms with E-state index in [2.05, 4.69) is 12.2 Å². The van der Waals surface area contributed by atoms with Gasteiger partial charge >= 0.3 is 0 Å².